The molecule has 1 atom stereocenters. The van der Waals surface area contributed by atoms with E-state index in [0.717, 1.165) is 25.2 Å². The van der Waals surface area contributed by atoms with Crippen molar-refractivity contribution in [3.63, 3.8) is 0 Å². The Morgan fingerprint density at radius 1 is 1.56 bits per heavy atom. The molecule has 4 nitrogen and oxygen atoms in total. The van der Waals surface area contributed by atoms with Gasteiger partial charge in [0.1, 0.15) is 0 Å². The molecule has 5 heteroatoms. The molecule has 0 saturated carbocycles. The molecule has 1 aliphatic heterocycles. The second-order valence-corrected chi connectivity index (χ2v) is 5.15. The van der Waals surface area contributed by atoms with Crippen molar-refractivity contribution in [2.75, 3.05) is 25.1 Å². The molecule has 1 aromatic carbocycles. The van der Waals surface area contributed by atoms with E-state index in [1.54, 1.807) is 0 Å². The largest absolute Gasteiger partial charge is 0.395 e. The Kier molecular flexibility index (Phi) is 4.45. The first-order valence-electron chi connectivity index (χ1n) is 6.31. The van der Waals surface area contributed by atoms with Gasteiger partial charge in [-0.1, -0.05) is 18.5 Å². The molecule has 0 spiro atoms. The molecule has 0 aromatic heterocycles. The predicted octanol–water partition coefficient (Wildman–Crippen LogP) is 1.93. The van der Waals surface area contributed by atoms with Crippen molar-refractivity contribution in [2.45, 2.75) is 25.8 Å². The molecule has 0 aliphatic carbocycles. The van der Waals surface area contributed by atoms with Crippen LogP contribution >= 0.6 is 11.6 Å². The Balaban J connectivity index is 2.35. The average Bonchev–Trinajstić information content (AvgIpc) is 2.37. The number of aliphatic hydroxyl groups excluding tert-OH is 1. The fourth-order valence-corrected chi connectivity index (χ4v) is 2.88. The van der Waals surface area contributed by atoms with Crippen LogP contribution in [0.5, 0.6) is 0 Å². The lowest BCUT2D eigenvalue weighted by molar-refractivity contribution is 0.171. The van der Waals surface area contributed by atoms with Crippen LogP contribution in [0.1, 0.15) is 30.4 Å². The number of hydrogen-bond acceptors (Lipinski definition) is 4. The first-order valence-corrected chi connectivity index (χ1v) is 6.69. The normalized spacial score (nSPS) is 19.7. The maximum Gasteiger partial charge on any atom is 0.0674 e. The molecule has 1 unspecified atom stereocenters. The van der Waals surface area contributed by atoms with Crippen LogP contribution < -0.4 is 11.3 Å². The molecule has 0 radical (unpaired) electrons. The van der Waals surface area contributed by atoms with Crippen LogP contribution in [0.25, 0.3) is 0 Å². The molecule has 2 rings (SSSR count). The number of benzene rings is 1. The molecular weight excluding hydrogens is 250 g/mol. The first kappa shape index (κ1) is 13.6. The molecule has 0 amide bonds. The average molecular weight is 270 g/mol. The van der Waals surface area contributed by atoms with Crippen LogP contribution in [0.3, 0.4) is 0 Å². The number of nitrogens with zero attached hydrogens (tertiary/aromatic N) is 1. The monoisotopic (exact) mass is 269 g/mol. The van der Waals surface area contributed by atoms with Crippen LogP contribution in [0.2, 0.25) is 5.02 Å². The molecule has 0 bridgehead atoms. The Labute approximate surface area is 113 Å². The van der Waals surface area contributed by atoms with Gasteiger partial charge in [-0.25, -0.2) is 0 Å². The fourth-order valence-electron chi connectivity index (χ4n) is 2.64. The quantitative estimate of drug-likeness (QED) is 0.577. The highest BCUT2D eigenvalue weighted by Gasteiger charge is 2.24. The van der Waals surface area contributed by atoms with Crippen LogP contribution in [-0.4, -0.2) is 29.7 Å². The smallest absolute Gasteiger partial charge is 0.0674 e. The molecule has 0 saturated heterocycles. The van der Waals surface area contributed by atoms with Gasteiger partial charge in [0.05, 0.1) is 17.3 Å². The first-order chi connectivity index (χ1) is 8.69. The summed E-state index contributed by atoms with van der Waals surface area (Å²) in [5.74, 6) is 5.94. The maximum atomic E-state index is 9.07. The van der Waals surface area contributed by atoms with E-state index in [1.807, 2.05) is 6.07 Å². The third kappa shape index (κ3) is 2.62. The summed E-state index contributed by atoms with van der Waals surface area (Å²) in [6.07, 6.45) is 1.07. The summed E-state index contributed by atoms with van der Waals surface area (Å²) < 4.78 is 0. The Morgan fingerprint density at radius 3 is 2.94 bits per heavy atom. The number of rotatable bonds is 4. The SMILES string of the molecule is CCC1CN(CCO)Cc2cc(Cl)c(NN)cc21. The summed E-state index contributed by atoms with van der Waals surface area (Å²) in [4.78, 5) is 2.27. The molecule has 0 fully saturated rings. The molecule has 1 aromatic rings. The maximum absolute atomic E-state index is 9.07. The van der Waals surface area contributed by atoms with Crippen molar-refractivity contribution in [3.8, 4) is 0 Å². The third-order valence-electron chi connectivity index (χ3n) is 3.61. The fraction of sp³-hybridized carbons (Fsp3) is 0.538. The molecule has 1 aliphatic rings. The van der Waals surface area contributed by atoms with Gasteiger partial charge >= 0.3 is 0 Å². The highest BCUT2D eigenvalue weighted by Crippen LogP contribution is 2.35. The van der Waals surface area contributed by atoms with Gasteiger partial charge in [0.15, 0.2) is 0 Å². The zero-order valence-electron chi connectivity index (χ0n) is 10.6. The van der Waals surface area contributed by atoms with Gasteiger partial charge in [-0.15, -0.1) is 0 Å². The van der Waals surface area contributed by atoms with E-state index in [9.17, 15) is 0 Å². The van der Waals surface area contributed by atoms with Crippen molar-refractivity contribution >= 4 is 17.3 Å². The van der Waals surface area contributed by atoms with Crippen molar-refractivity contribution in [3.05, 3.63) is 28.3 Å². The minimum Gasteiger partial charge on any atom is -0.395 e. The Morgan fingerprint density at radius 2 is 2.33 bits per heavy atom. The van der Waals surface area contributed by atoms with Crippen molar-refractivity contribution in [1.29, 1.82) is 0 Å². The third-order valence-corrected chi connectivity index (χ3v) is 3.92. The number of fused-ring (bicyclic) bond motifs is 1. The topological polar surface area (TPSA) is 61.5 Å². The Bertz CT molecular complexity index is 425. The van der Waals surface area contributed by atoms with Gasteiger partial charge in [0.25, 0.3) is 0 Å². The standard InChI is InChI=1S/C13H20ClN3O/c1-2-9-7-17(3-4-18)8-10-5-12(14)13(16-15)6-11(9)10/h5-6,9,16,18H,2-4,7-8,15H2,1H3. The number of anilines is 1. The van der Waals surface area contributed by atoms with Gasteiger partial charge in [-0.05, 0) is 35.6 Å². The van der Waals surface area contributed by atoms with E-state index >= 15 is 0 Å². The van der Waals surface area contributed by atoms with E-state index in [-0.39, 0.29) is 6.61 Å². The minimum absolute atomic E-state index is 0.196. The van der Waals surface area contributed by atoms with E-state index in [1.165, 1.54) is 11.1 Å². The van der Waals surface area contributed by atoms with E-state index in [0.29, 0.717) is 17.5 Å². The second-order valence-electron chi connectivity index (χ2n) is 4.74. The van der Waals surface area contributed by atoms with Crippen molar-refractivity contribution in [1.82, 2.24) is 4.90 Å². The van der Waals surface area contributed by atoms with Gasteiger partial charge in [-0.2, -0.15) is 0 Å². The van der Waals surface area contributed by atoms with Gasteiger partial charge in [0.2, 0.25) is 0 Å². The lowest BCUT2D eigenvalue weighted by Crippen LogP contribution is -2.35. The number of nitrogen functional groups attached to an aromatic ring is 1. The van der Waals surface area contributed by atoms with Gasteiger partial charge in [0, 0.05) is 19.6 Å². The number of halogens is 1. The summed E-state index contributed by atoms with van der Waals surface area (Å²) in [7, 11) is 0. The van der Waals surface area contributed by atoms with Crippen LogP contribution in [0.15, 0.2) is 12.1 Å². The molecule has 18 heavy (non-hydrogen) atoms. The molecule has 4 N–H and O–H groups in total. The van der Waals surface area contributed by atoms with E-state index in [2.05, 4.69) is 23.3 Å². The van der Waals surface area contributed by atoms with Crippen LogP contribution in [-0.2, 0) is 6.54 Å². The predicted molar refractivity (Wildman–Crippen MR) is 74.7 cm³/mol. The highest BCUT2D eigenvalue weighted by molar-refractivity contribution is 6.33. The number of hydrazine groups is 1. The summed E-state index contributed by atoms with van der Waals surface area (Å²) in [5, 5.41) is 9.72. The lowest BCUT2D eigenvalue weighted by Gasteiger charge is -2.34. The molecular formula is C13H20ClN3O. The number of hydrogen-bond donors (Lipinski definition) is 3. The van der Waals surface area contributed by atoms with Crippen LogP contribution in [0.4, 0.5) is 5.69 Å². The van der Waals surface area contributed by atoms with E-state index in [4.69, 9.17) is 22.6 Å². The minimum atomic E-state index is 0.196. The Hall–Kier alpha value is -0.810. The zero-order chi connectivity index (χ0) is 13.1. The zero-order valence-corrected chi connectivity index (χ0v) is 11.4. The number of aliphatic hydroxyl groups is 1. The van der Waals surface area contributed by atoms with Crippen LogP contribution in [0, 0.1) is 0 Å². The van der Waals surface area contributed by atoms with Crippen molar-refractivity contribution < 1.29 is 5.11 Å². The second kappa shape index (κ2) is 5.89. The number of nitrogens with one attached hydrogen (secondary N) is 1. The summed E-state index contributed by atoms with van der Waals surface area (Å²) in [6.45, 7) is 4.92. The van der Waals surface area contributed by atoms with E-state index < -0.39 is 0 Å². The van der Waals surface area contributed by atoms with Crippen molar-refractivity contribution in [2.24, 2.45) is 5.84 Å². The molecule has 100 valence electrons. The summed E-state index contributed by atoms with van der Waals surface area (Å²) >= 11 is 6.17. The summed E-state index contributed by atoms with van der Waals surface area (Å²) in [6, 6.07) is 4.04. The summed E-state index contributed by atoms with van der Waals surface area (Å²) in [5.41, 5.74) is 5.99. The molecule has 1 heterocycles. The number of β-amino-alcohol motifs (C(OH)–C–C–N with tert-alkyl or cyclic N) is 1. The van der Waals surface area contributed by atoms with Gasteiger partial charge in [-0.3, -0.25) is 10.7 Å². The van der Waals surface area contributed by atoms with Gasteiger partial charge < -0.3 is 10.5 Å². The number of nitrogens with two attached hydrogens (primary N) is 1. The highest BCUT2D eigenvalue weighted by atomic mass is 35.5. The lowest BCUT2D eigenvalue weighted by atomic mass is 9.87.